The van der Waals surface area contributed by atoms with Crippen LogP contribution in [-0.2, 0) is 9.59 Å². The smallest absolute Gasteiger partial charge is 0.329 e. The quantitative estimate of drug-likeness (QED) is 0.461. The minimum atomic E-state index is -1.26. The molecule has 1 aliphatic carbocycles. The zero-order chi connectivity index (χ0) is 16.7. The molecule has 1 saturated carbocycles. The second-order valence-electron chi connectivity index (χ2n) is 5.42. The van der Waals surface area contributed by atoms with Gasteiger partial charge in [-0.05, 0) is 24.0 Å². The summed E-state index contributed by atoms with van der Waals surface area (Å²) >= 11 is 0. The number of aromatic carboxylic acids is 1. The van der Waals surface area contributed by atoms with E-state index < -0.39 is 17.8 Å². The van der Waals surface area contributed by atoms with Gasteiger partial charge in [-0.25, -0.2) is 5.43 Å². The van der Waals surface area contributed by atoms with Crippen molar-refractivity contribution in [2.75, 3.05) is 0 Å². The maximum absolute atomic E-state index is 11.7. The number of hydrogen-bond donors (Lipinski definition) is 2. The Hall–Kier alpha value is -2.70. The van der Waals surface area contributed by atoms with Gasteiger partial charge in [0, 0.05) is 6.04 Å². The molecule has 0 aromatic heterocycles. The molecule has 7 heteroatoms. The molecule has 0 bridgehead atoms. The summed E-state index contributed by atoms with van der Waals surface area (Å²) in [4.78, 5) is 33.9. The number of carboxylic acids is 1. The molecule has 0 heterocycles. The molecule has 0 aliphatic heterocycles. The molecule has 2 rings (SSSR count). The Labute approximate surface area is 133 Å². The van der Waals surface area contributed by atoms with Crippen LogP contribution in [-0.4, -0.2) is 30.0 Å². The predicted molar refractivity (Wildman–Crippen MR) is 81.5 cm³/mol. The average Bonchev–Trinajstić information content (AvgIpc) is 2.56. The highest BCUT2D eigenvalue weighted by Gasteiger charge is 2.19. The molecule has 0 saturated heterocycles. The van der Waals surface area contributed by atoms with Crippen molar-refractivity contribution in [2.45, 2.75) is 38.1 Å². The van der Waals surface area contributed by atoms with E-state index in [0.29, 0.717) is 5.56 Å². The van der Waals surface area contributed by atoms with Crippen molar-refractivity contribution in [3.8, 4) is 0 Å². The van der Waals surface area contributed by atoms with E-state index in [9.17, 15) is 19.5 Å². The van der Waals surface area contributed by atoms with E-state index in [2.05, 4.69) is 15.8 Å². The highest BCUT2D eigenvalue weighted by molar-refractivity contribution is 6.35. The van der Waals surface area contributed by atoms with Crippen molar-refractivity contribution in [1.82, 2.24) is 10.7 Å². The summed E-state index contributed by atoms with van der Waals surface area (Å²) in [5, 5.41) is 17.0. The van der Waals surface area contributed by atoms with Crippen molar-refractivity contribution < 1.29 is 19.5 Å². The summed E-state index contributed by atoms with van der Waals surface area (Å²) in [6.07, 6.45) is 6.41. The molecule has 1 aromatic rings. The van der Waals surface area contributed by atoms with Gasteiger partial charge in [-0.3, -0.25) is 9.59 Å². The van der Waals surface area contributed by atoms with Gasteiger partial charge in [0.2, 0.25) is 0 Å². The number of carbonyl (C=O) groups excluding carboxylic acids is 3. The van der Waals surface area contributed by atoms with Crippen LogP contribution in [0, 0.1) is 0 Å². The predicted octanol–water partition coefficient (Wildman–Crippen LogP) is -0.0509. The fourth-order valence-corrected chi connectivity index (χ4v) is 2.42. The van der Waals surface area contributed by atoms with Gasteiger partial charge < -0.3 is 15.2 Å². The Morgan fingerprint density at radius 2 is 1.70 bits per heavy atom. The Morgan fingerprint density at radius 3 is 2.30 bits per heavy atom. The van der Waals surface area contributed by atoms with E-state index in [1.165, 1.54) is 36.9 Å². The van der Waals surface area contributed by atoms with Crippen LogP contribution in [0.5, 0.6) is 0 Å². The van der Waals surface area contributed by atoms with E-state index in [4.69, 9.17) is 0 Å². The summed E-state index contributed by atoms with van der Waals surface area (Å²) in [5.41, 5.74) is 2.79. The summed E-state index contributed by atoms with van der Waals surface area (Å²) < 4.78 is 0. The minimum absolute atomic E-state index is 0.0537. The lowest BCUT2D eigenvalue weighted by Crippen LogP contribution is -2.44. The molecular weight excluding hydrogens is 298 g/mol. The molecule has 1 fully saturated rings. The van der Waals surface area contributed by atoms with E-state index >= 15 is 0 Å². The van der Waals surface area contributed by atoms with E-state index in [-0.39, 0.29) is 11.6 Å². The van der Waals surface area contributed by atoms with Crippen molar-refractivity contribution in [1.29, 1.82) is 0 Å². The fourth-order valence-electron chi connectivity index (χ4n) is 2.42. The highest BCUT2D eigenvalue weighted by Crippen LogP contribution is 2.17. The third kappa shape index (κ3) is 5.21. The first kappa shape index (κ1) is 16.7. The number of nitrogens with one attached hydrogen (secondary N) is 2. The van der Waals surface area contributed by atoms with Crippen LogP contribution in [0.1, 0.15) is 48.0 Å². The number of rotatable bonds is 4. The lowest BCUT2D eigenvalue weighted by atomic mass is 9.95. The van der Waals surface area contributed by atoms with Gasteiger partial charge in [-0.2, -0.15) is 5.10 Å². The van der Waals surface area contributed by atoms with Crippen LogP contribution in [0.2, 0.25) is 0 Å². The van der Waals surface area contributed by atoms with Crippen LogP contribution in [0.4, 0.5) is 0 Å². The second-order valence-corrected chi connectivity index (χ2v) is 5.42. The molecule has 122 valence electrons. The Bertz CT molecular complexity index is 604. The van der Waals surface area contributed by atoms with Gasteiger partial charge >= 0.3 is 11.8 Å². The van der Waals surface area contributed by atoms with Gasteiger partial charge in [-0.15, -0.1) is 0 Å². The zero-order valence-corrected chi connectivity index (χ0v) is 12.6. The number of hydrazone groups is 1. The van der Waals surface area contributed by atoms with Crippen LogP contribution in [0.25, 0.3) is 0 Å². The number of nitrogens with zero attached hydrogens (tertiary/aromatic N) is 1. The number of carbonyl (C=O) groups is 3. The molecule has 0 radical (unpaired) electrons. The van der Waals surface area contributed by atoms with E-state index in [1.807, 2.05) is 0 Å². The topological polar surface area (TPSA) is 111 Å². The number of benzene rings is 1. The summed E-state index contributed by atoms with van der Waals surface area (Å²) in [6.45, 7) is 0. The number of carboxylic acid groups (broad SMARTS) is 1. The standard InChI is InChI=1S/C16H19N3O4/c20-14(18-13-4-2-1-3-5-13)15(21)19-17-10-11-6-8-12(9-7-11)16(22)23/h6-10,13H,1-5H2,(H,18,20)(H,19,21)(H,22,23)/p-1. The molecule has 1 aromatic carbocycles. The van der Waals surface area contributed by atoms with Gasteiger partial charge in [0.25, 0.3) is 0 Å². The van der Waals surface area contributed by atoms with Crippen molar-refractivity contribution in [2.24, 2.45) is 5.10 Å². The molecule has 2 amide bonds. The monoisotopic (exact) mass is 316 g/mol. The van der Waals surface area contributed by atoms with Gasteiger partial charge in [0.15, 0.2) is 0 Å². The average molecular weight is 316 g/mol. The van der Waals surface area contributed by atoms with Gasteiger partial charge in [0.05, 0.1) is 12.2 Å². The number of hydrogen-bond acceptors (Lipinski definition) is 5. The maximum atomic E-state index is 11.7. The third-order valence-electron chi connectivity index (χ3n) is 3.67. The Morgan fingerprint density at radius 1 is 1.04 bits per heavy atom. The zero-order valence-electron chi connectivity index (χ0n) is 12.6. The molecular formula is C16H18N3O4-. The van der Waals surface area contributed by atoms with Crippen LogP contribution in [0.15, 0.2) is 29.4 Å². The lowest BCUT2D eigenvalue weighted by Gasteiger charge is -2.22. The van der Waals surface area contributed by atoms with Crippen molar-refractivity contribution in [3.05, 3.63) is 35.4 Å². The van der Waals surface area contributed by atoms with Crippen LogP contribution in [0.3, 0.4) is 0 Å². The lowest BCUT2D eigenvalue weighted by molar-refractivity contribution is -0.255. The first-order valence-electron chi connectivity index (χ1n) is 7.51. The summed E-state index contributed by atoms with van der Waals surface area (Å²) in [7, 11) is 0. The second kappa shape index (κ2) is 8.07. The minimum Gasteiger partial charge on any atom is -0.545 e. The Kier molecular flexibility index (Phi) is 5.85. The van der Waals surface area contributed by atoms with E-state index in [0.717, 1.165) is 25.7 Å². The largest absolute Gasteiger partial charge is 0.545 e. The van der Waals surface area contributed by atoms with E-state index in [1.54, 1.807) is 0 Å². The Balaban J connectivity index is 1.80. The maximum Gasteiger partial charge on any atom is 0.329 e. The third-order valence-corrected chi connectivity index (χ3v) is 3.67. The molecule has 1 aliphatic rings. The molecule has 0 unspecified atom stereocenters. The van der Waals surface area contributed by atoms with Crippen LogP contribution >= 0.6 is 0 Å². The highest BCUT2D eigenvalue weighted by atomic mass is 16.4. The molecule has 23 heavy (non-hydrogen) atoms. The normalized spacial score (nSPS) is 15.3. The van der Waals surface area contributed by atoms with Crippen molar-refractivity contribution in [3.63, 3.8) is 0 Å². The van der Waals surface area contributed by atoms with Crippen molar-refractivity contribution >= 4 is 24.0 Å². The van der Waals surface area contributed by atoms with Gasteiger partial charge in [0.1, 0.15) is 0 Å². The SMILES string of the molecule is O=C(NN=Cc1ccc(C(=O)[O-])cc1)C(=O)NC1CCCCC1. The first-order valence-corrected chi connectivity index (χ1v) is 7.51. The molecule has 7 nitrogen and oxygen atoms in total. The van der Waals surface area contributed by atoms with Crippen LogP contribution < -0.4 is 15.8 Å². The molecule has 0 spiro atoms. The summed E-state index contributed by atoms with van der Waals surface area (Å²) in [5.74, 6) is -2.78. The van der Waals surface area contributed by atoms with Gasteiger partial charge in [-0.1, -0.05) is 43.5 Å². The summed E-state index contributed by atoms with van der Waals surface area (Å²) in [6, 6.07) is 5.83. The molecule has 2 N–H and O–H groups in total. The molecule has 0 atom stereocenters. The first-order chi connectivity index (χ1) is 11.1. The number of amides is 2. The fraction of sp³-hybridized carbons (Fsp3) is 0.375.